The van der Waals surface area contributed by atoms with Crippen LogP contribution in [0.2, 0.25) is 0 Å². The van der Waals surface area contributed by atoms with Gasteiger partial charge in [-0.3, -0.25) is 9.69 Å². The van der Waals surface area contributed by atoms with Crippen LogP contribution < -0.4 is 0 Å². The van der Waals surface area contributed by atoms with E-state index in [4.69, 9.17) is 4.74 Å². The lowest BCUT2D eigenvalue weighted by Gasteiger charge is -2.22. The van der Waals surface area contributed by atoms with Crippen LogP contribution in [0.5, 0.6) is 0 Å². The molecule has 0 unspecified atom stereocenters. The minimum atomic E-state index is -0.236. The number of carbonyl (C=O) groups is 1. The van der Waals surface area contributed by atoms with Gasteiger partial charge in [0.15, 0.2) is 0 Å². The van der Waals surface area contributed by atoms with Crippen molar-refractivity contribution >= 4 is 5.97 Å². The molecule has 92 valence electrons. The molecule has 1 aliphatic heterocycles. The Bertz CT molecular complexity index is 391. The Labute approximate surface area is 100 Å². The van der Waals surface area contributed by atoms with E-state index < -0.39 is 0 Å². The fourth-order valence-electron chi connectivity index (χ4n) is 2.24. The average Bonchev–Trinajstić information content (AvgIpc) is 2.79. The van der Waals surface area contributed by atoms with E-state index in [2.05, 4.69) is 4.90 Å². The van der Waals surface area contributed by atoms with E-state index in [1.807, 2.05) is 0 Å². The number of likely N-dealkylation sites (tertiary alicyclic amines) is 1. The van der Waals surface area contributed by atoms with Gasteiger partial charge in [-0.1, -0.05) is 12.1 Å². The summed E-state index contributed by atoms with van der Waals surface area (Å²) in [5, 5.41) is 0. The van der Waals surface area contributed by atoms with Crippen molar-refractivity contribution in [2.24, 2.45) is 0 Å². The number of methoxy groups -OCH3 is 1. The van der Waals surface area contributed by atoms with Crippen molar-refractivity contribution < 1.29 is 13.9 Å². The molecule has 17 heavy (non-hydrogen) atoms. The number of carbonyl (C=O) groups excluding carboxylic acids is 1. The molecule has 0 radical (unpaired) electrons. The largest absolute Gasteiger partial charge is 0.468 e. The van der Waals surface area contributed by atoms with Gasteiger partial charge in [0, 0.05) is 6.54 Å². The van der Waals surface area contributed by atoms with E-state index in [0.717, 1.165) is 24.9 Å². The highest BCUT2D eigenvalue weighted by Gasteiger charge is 2.31. The zero-order chi connectivity index (χ0) is 12.3. The summed E-state index contributed by atoms with van der Waals surface area (Å²) in [7, 11) is 1.41. The molecule has 0 amide bonds. The molecule has 0 saturated carbocycles. The monoisotopic (exact) mass is 237 g/mol. The normalized spacial score (nSPS) is 20.5. The van der Waals surface area contributed by atoms with E-state index in [9.17, 15) is 9.18 Å². The number of hydrogen-bond acceptors (Lipinski definition) is 3. The molecule has 0 aromatic heterocycles. The zero-order valence-electron chi connectivity index (χ0n) is 9.86. The summed E-state index contributed by atoms with van der Waals surface area (Å²) in [6.45, 7) is 1.55. The molecule has 0 N–H and O–H groups in total. The summed E-state index contributed by atoms with van der Waals surface area (Å²) in [4.78, 5) is 13.6. The number of esters is 1. The molecule has 1 fully saturated rings. The Morgan fingerprint density at radius 3 is 2.82 bits per heavy atom. The van der Waals surface area contributed by atoms with Crippen LogP contribution in [0.3, 0.4) is 0 Å². The van der Waals surface area contributed by atoms with Gasteiger partial charge in [0.25, 0.3) is 0 Å². The van der Waals surface area contributed by atoms with Gasteiger partial charge in [0.05, 0.1) is 7.11 Å². The predicted molar refractivity (Wildman–Crippen MR) is 61.8 cm³/mol. The van der Waals surface area contributed by atoms with E-state index in [1.54, 1.807) is 12.1 Å². The lowest BCUT2D eigenvalue weighted by Crippen LogP contribution is -2.36. The van der Waals surface area contributed by atoms with Gasteiger partial charge >= 0.3 is 5.97 Å². The maximum Gasteiger partial charge on any atom is 0.323 e. The lowest BCUT2D eigenvalue weighted by atomic mass is 10.2. The summed E-state index contributed by atoms with van der Waals surface area (Å²) in [6.07, 6.45) is 1.84. The third kappa shape index (κ3) is 2.82. The first-order chi connectivity index (χ1) is 8.20. The zero-order valence-corrected chi connectivity index (χ0v) is 9.86. The quantitative estimate of drug-likeness (QED) is 0.753. The summed E-state index contributed by atoms with van der Waals surface area (Å²) >= 11 is 0. The minimum Gasteiger partial charge on any atom is -0.468 e. The molecule has 0 bridgehead atoms. The Morgan fingerprint density at radius 1 is 1.47 bits per heavy atom. The molecule has 1 aromatic carbocycles. The SMILES string of the molecule is COC(=O)[C@H]1CCCN1Cc1ccc(F)cc1. The molecule has 2 rings (SSSR count). The maximum absolute atomic E-state index is 12.8. The van der Waals surface area contributed by atoms with Gasteiger partial charge in [-0.05, 0) is 37.1 Å². The summed E-state index contributed by atoms with van der Waals surface area (Å²) in [5.41, 5.74) is 1.02. The number of hydrogen-bond donors (Lipinski definition) is 0. The van der Waals surface area contributed by atoms with Crippen LogP contribution in [0.15, 0.2) is 24.3 Å². The van der Waals surface area contributed by atoms with Crippen molar-refractivity contribution in [3.63, 3.8) is 0 Å². The van der Waals surface area contributed by atoms with Crippen molar-refractivity contribution in [1.82, 2.24) is 4.90 Å². The highest BCUT2D eigenvalue weighted by atomic mass is 19.1. The smallest absolute Gasteiger partial charge is 0.323 e. The molecular formula is C13H16FNO2. The second kappa shape index (κ2) is 5.27. The minimum absolute atomic E-state index is 0.148. The van der Waals surface area contributed by atoms with Crippen LogP contribution in [0.1, 0.15) is 18.4 Å². The highest BCUT2D eigenvalue weighted by Crippen LogP contribution is 2.21. The number of ether oxygens (including phenoxy) is 1. The van der Waals surface area contributed by atoms with Crippen LogP contribution in [-0.2, 0) is 16.1 Å². The van der Waals surface area contributed by atoms with Crippen molar-refractivity contribution in [2.75, 3.05) is 13.7 Å². The van der Waals surface area contributed by atoms with Gasteiger partial charge in [0.1, 0.15) is 11.9 Å². The molecule has 1 saturated heterocycles. The average molecular weight is 237 g/mol. The van der Waals surface area contributed by atoms with Crippen molar-refractivity contribution in [2.45, 2.75) is 25.4 Å². The molecule has 1 aromatic rings. The highest BCUT2D eigenvalue weighted by molar-refractivity contribution is 5.75. The molecule has 4 heteroatoms. The van der Waals surface area contributed by atoms with E-state index in [-0.39, 0.29) is 17.8 Å². The number of rotatable bonds is 3. The van der Waals surface area contributed by atoms with Crippen LogP contribution >= 0.6 is 0 Å². The van der Waals surface area contributed by atoms with Gasteiger partial charge in [-0.2, -0.15) is 0 Å². The summed E-state index contributed by atoms with van der Waals surface area (Å²) in [5.74, 6) is -0.413. The Morgan fingerprint density at radius 2 is 2.18 bits per heavy atom. The molecule has 0 spiro atoms. The predicted octanol–water partition coefficient (Wildman–Crippen LogP) is 1.96. The lowest BCUT2D eigenvalue weighted by molar-refractivity contribution is -0.146. The molecular weight excluding hydrogens is 221 g/mol. The topological polar surface area (TPSA) is 29.5 Å². The number of benzene rings is 1. The fourth-order valence-corrected chi connectivity index (χ4v) is 2.24. The van der Waals surface area contributed by atoms with E-state index >= 15 is 0 Å². The Hall–Kier alpha value is -1.42. The fraction of sp³-hybridized carbons (Fsp3) is 0.462. The molecule has 0 aliphatic carbocycles. The second-order valence-electron chi connectivity index (χ2n) is 4.28. The van der Waals surface area contributed by atoms with Crippen LogP contribution in [0, 0.1) is 5.82 Å². The molecule has 3 nitrogen and oxygen atoms in total. The Kier molecular flexibility index (Phi) is 3.74. The molecule has 1 atom stereocenters. The Balaban J connectivity index is 2.02. The van der Waals surface area contributed by atoms with Gasteiger partial charge in [-0.25, -0.2) is 4.39 Å². The third-order valence-electron chi connectivity index (χ3n) is 3.14. The maximum atomic E-state index is 12.8. The van der Waals surface area contributed by atoms with E-state index in [0.29, 0.717) is 6.54 Å². The summed E-state index contributed by atoms with van der Waals surface area (Å²) in [6, 6.07) is 6.24. The van der Waals surface area contributed by atoms with Crippen molar-refractivity contribution in [1.29, 1.82) is 0 Å². The summed E-state index contributed by atoms with van der Waals surface area (Å²) < 4.78 is 17.6. The first kappa shape index (κ1) is 12.0. The van der Waals surface area contributed by atoms with Crippen molar-refractivity contribution in [3.8, 4) is 0 Å². The van der Waals surface area contributed by atoms with Gasteiger partial charge in [0.2, 0.25) is 0 Å². The standard InChI is InChI=1S/C13H16FNO2/c1-17-13(16)12-3-2-8-15(12)9-10-4-6-11(14)7-5-10/h4-7,12H,2-3,8-9H2,1H3/t12-/m1/s1. The van der Waals surface area contributed by atoms with Gasteiger partial charge < -0.3 is 4.74 Å². The van der Waals surface area contributed by atoms with Crippen LogP contribution in [0.25, 0.3) is 0 Å². The number of halogens is 1. The third-order valence-corrected chi connectivity index (χ3v) is 3.14. The molecule has 1 heterocycles. The van der Waals surface area contributed by atoms with Crippen molar-refractivity contribution in [3.05, 3.63) is 35.6 Å². The van der Waals surface area contributed by atoms with Crippen LogP contribution in [0.4, 0.5) is 4.39 Å². The second-order valence-corrected chi connectivity index (χ2v) is 4.28. The number of nitrogens with zero attached hydrogens (tertiary/aromatic N) is 1. The van der Waals surface area contributed by atoms with Crippen LogP contribution in [-0.4, -0.2) is 30.6 Å². The van der Waals surface area contributed by atoms with E-state index in [1.165, 1.54) is 19.2 Å². The molecule has 1 aliphatic rings. The first-order valence-corrected chi connectivity index (χ1v) is 5.77. The van der Waals surface area contributed by atoms with Gasteiger partial charge in [-0.15, -0.1) is 0 Å². The first-order valence-electron chi connectivity index (χ1n) is 5.77.